The summed E-state index contributed by atoms with van der Waals surface area (Å²) in [4.78, 5) is 0. The lowest BCUT2D eigenvalue weighted by molar-refractivity contribution is 0.313. The Kier molecular flexibility index (Phi) is 5.92. The zero-order chi connectivity index (χ0) is 18.4. The van der Waals surface area contributed by atoms with E-state index in [9.17, 15) is 0 Å². The van der Waals surface area contributed by atoms with Crippen LogP contribution >= 0.6 is 0 Å². The van der Waals surface area contributed by atoms with Crippen LogP contribution in [0.25, 0.3) is 11.1 Å². The first-order valence-corrected chi connectivity index (χ1v) is 8.75. The van der Waals surface area contributed by atoms with Crippen LogP contribution in [0.15, 0.2) is 54.6 Å². The largest absolute Gasteiger partial charge is 0.492 e. The second-order valence-corrected chi connectivity index (χ2v) is 6.08. The highest BCUT2D eigenvalue weighted by Crippen LogP contribution is 2.29. The highest BCUT2D eigenvalue weighted by molar-refractivity contribution is 5.70. The standard InChI is InChI=1S/C21H25N3O2/c1-16-19(21(25-3)24(2)23-16)15-22-13-14-26-20-12-8-7-11-18(20)17-9-5-4-6-10-17/h4-12,22H,13-15H2,1-3H3. The topological polar surface area (TPSA) is 48.3 Å². The summed E-state index contributed by atoms with van der Waals surface area (Å²) in [5, 5.41) is 7.80. The van der Waals surface area contributed by atoms with Gasteiger partial charge in [-0.25, -0.2) is 4.68 Å². The van der Waals surface area contributed by atoms with Crippen molar-refractivity contribution < 1.29 is 9.47 Å². The lowest BCUT2D eigenvalue weighted by Gasteiger charge is -2.12. The number of para-hydroxylation sites is 1. The van der Waals surface area contributed by atoms with E-state index in [1.165, 1.54) is 0 Å². The molecule has 0 aliphatic heterocycles. The van der Waals surface area contributed by atoms with Crippen molar-refractivity contribution in [2.45, 2.75) is 13.5 Å². The van der Waals surface area contributed by atoms with Gasteiger partial charge in [-0.05, 0) is 18.6 Å². The molecule has 0 spiro atoms. The molecule has 0 fully saturated rings. The number of hydrogen-bond acceptors (Lipinski definition) is 4. The molecule has 1 heterocycles. The van der Waals surface area contributed by atoms with Gasteiger partial charge in [-0.2, -0.15) is 5.10 Å². The smallest absolute Gasteiger partial charge is 0.216 e. The van der Waals surface area contributed by atoms with Crippen LogP contribution in [0.3, 0.4) is 0 Å². The summed E-state index contributed by atoms with van der Waals surface area (Å²) in [6, 6.07) is 18.4. The molecule has 0 aliphatic carbocycles. The van der Waals surface area contributed by atoms with Gasteiger partial charge in [0.1, 0.15) is 12.4 Å². The molecule has 0 saturated carbocycles. The molecule has 0 aliphatic rings. The van der Waals surface area contributed by atoms with Gasteiger partial charge in [0.15, 0.2) is 0 Å². The molecule has 2 aromatic carbocycles. The third-order valence-electron chi connectivity index (χ3n) is 4.29. The van der Waals surface area contributed by atoms with Crippen molar-refractivity contribution in [3.05, 3.63) is 65.9 Å². The maximum Gasteiger partial charge on any atom is 0.216 e. The van der Waals surface area contributed by atoms with Gasteiger partial charge < -0.3 is 14.8 Å². The molecule has 3 rings (SSSR count). The number of hydrogen-bond donors (Lipinski definition) is 1. The lowest BCUT2D eigenvalue weighted by Crippen LogP contribution is -2.21. The molecule has 0 atom stereocenters. The van der Waals surface area contributed by atoms with Gasteiger partial charge in [-0.3, -0.25) is 0 Å². The molecule has 3 aromatic rings. The number of nitrogens with one attached hydrogen (secondary N) is 1. The van der Waals surface area contributed by atoms with Crippen molar-refractivity contribution in [2.24, 2.45) is 7.05 Å². The fourth-order valence-electron chi connectivity index (χ4n) is 3.03. The first-order chi connectivity index (χ1) is 12.7. The fourth-order valence-corrected chi connectivity index (χ4v) is 3.03. The van der Waals surface area contributed by atoms with E-state index in [4.69, 9.17) is 9.47 Å². The summed E-state index contributed by atoms with van der Waals surface area (Å²) in [6.45, 7) is 4.02. The van der Waals surface area contributed by atoms with Crippen molar-refractivity contribution in [3.63, 3.8) is 0 Å². The van der Waals surface area contributed by atoms with Gasteiger partial charge in [0.25, 0.3) is 0 Å². The highest BCUT2D eigenvalue weighted by Gasteiger charge is 2.13. The van der Waals surface area contributed by atoms with Gasteiger partial charge in [-0.1, -0.05) is 48.5 Å². The normalized spacial score (nSPS) is 10.7. The maximum atomic E-state index is 6.01. The molecule has 5 nitrogen and oxygen atoms in total. The van der Waals surface area contributed by atoms with Crippen LogP contribution in [-0.4, -0.2) is 30.0 Å². The predicted molar refractivity (Wildman–Crippen MR) is 104 cm³/mol. The Labute approximate surface area is 154 Å². The maximum absolute atomic E-state index is 6.01. The molecule has 26 heavy (non-hydrogen) atoms. The number of benzene rings is 2. The van der Waals surface area contributed by atoms with Crippen LogP contribution < -0.4 is 14.8 Å². The van der Waals surface area contributed by atoms with Crippen LogP contribution in [0.2, 0.25) is 0 Å². The quantitative estimate of drug-likeness (QED) is 0.630. The van der Waals surface area contributed by atoms with Gasteiger partial charge in [0.2, 0.25) is 5.88 Å². The van der Waals surface area contributed by atoms with E-state index in [-0.39, 0.29) is 0 Å². The van der Waals surface area contributed by atoms with Gasteiger partial charge in [0.05, 0.1) is 18.4 Å². The zero-order valence-corrected chi connectivity index (χ0v) is 15.5. The predicted octanol–water partition coefficient (Wildman–Crippen LogP) is 3.57. The third-order valence-corrected chi connectivity index (χ3v) is 4.29. The van der Waals surface area contributed by atoms with Gasteiger partial charge in [-0.15, -0.1) is 0 Å². The van der Waals surface area contributed by atoms with E-state index in [0.717, 1.165) is 40.6 Å². The minimum absolute atomic E-state index is 0.589. The Balaban J connectivity index is 1.55. The van der Waals surface area contributed by atoms with E-state index in [1.807, 2.05) is 50.4 Å². The number of aryl methyl sites for hydroxylation is 2. The molecule has 0 unspecified atom stereocenters. The molecule has 136 valence electrons. The Morgan fingerprint density at radius 3 is 2.54 bits per heavy atom. The molecule has 1 aromatic heterocycles. The highest BCUT2D eigenvalue weighted by atomic mass is 16.5. The van der Waals surface area contributed by atoms with E-state index in [2.05, 4.69) is 28.6 Å². The molecule has 5 heteroatoms. The Morgan fingerprint density at radius 1 is 1.04 bits per heavy atom. The Morgan fingerprint density at radius 2 is 1.77 bits per heavy atom. The van der Waals surface area contributed by atoms with Gasteiger partial charge >= 0.3 is 0 Å². The van der Waals surface area contributed by atoms with E-state index in [0.29, 0.717) is 13.2 Å². The second-order valence-electron chi connectivity index (χ2n) is 6.08. The summed E-state index contributed by atoms with van der Waals surface area (Å²) >= 11 is 0. The first-order valence-electron chi connectivity index (χ1n) is 8.75. The van der Waals surface area contributed by atoms with Crippen LogP contribution in [0.4, 0.5) is 0 Å². The SMILES string of the molecule is COc1c(CNCCOc2ccccc2-c2ccccc2)c(C)nn1C. The molecular weight excluding hydrogens is 326 g/mol. The number of rotatable bonds is 8. The lowest BCUT2D eigenvalue weighted by atomic mass is 10.1. The molecule has 1 N–H and O–H groups in total. The average molecular weight is 351 g/mol. The summed E-state index contributed by atoms with van der Waals surface area (Å²) in [5.41, 5.74) is 4.33. The van der Waals surface area contributed by atoms with Gasteiger partial charge in [0, 0.05) is 25.7 Å². The molecule has 0 bridgehead atoms. The fraction of sp³-hybridized carbons (Fsp3) is 0.286. The van der Waals surface area contributed by atoms with Crippen LogP contribution in [0.5, 0.6) is 11.6 Å². The summed E-state index contributed by atoms with van der Waals surface area (Å²) in [7, 11) is 3.56. The number of aromatic nitrogens is 2. The van der Waals surface area contributed by atoms with E-state index < -0.39 is 0 Å². The van der Waals surface area contributed by atoms with Crippen molar-refractivity contribution in [1.29, 1.82) is 0 Å². The van der Waals surface area contributed by atoms with E-state index >= 15 is 0 Å². The number of nitrogens with zero attached hydrogens (tertiary/aromatic N) is 2. The van der Waals surface area contributed by atoms with E-state index in [1.54, 1.807) is 11.8 Å². The summed E-state index contributed by atoms with van der Waals surface area (Å²) in [6.07, 6.45) is 0. The second kappa shape index (κ2) is 8.54. The van der Waals surface area contributed by atoms with Crippen LogP contribution in [0.1, 0.15) is 11.3 Å². The monoisotopic (exact) mass is 351 g/mol. The van der Waals surface area contributed by atoms with Crippen molar-refractivity contribution >= 4 is 0 Å². The molecule has 0 radical (unpaired) electrons. The molecule has 0 amide bonds. The number of ether oxygens (including phenoxy) is 2. The third kappa shape index (κ3) is 4.06. The van der Waals surface area contributed by atoms with Crippen LogP contribution in [0, 0.1) is 6.92 Å². The molecular formula is C21H25N3O2. The van der Waals surface area contributed by atoms with Crippen LogP contribution in [-0.2, 0) is 13.6 Å². The van der Waals surface area contributed by atoms with Crippen molar-refractivity contribution in [2.75, 3.05) is 20.3 Å². The summed E-state index contributed by atoms with van der Waals surface area (Å²) in [5.74, 6) is 1.70. The minimum atomic E-state index is 0.589. The molecule has 0 saturated heterocycles. The first kappa shape index (κ1) is 18.0. The minimum Gasteiger partial charge on any atom is -0.492 e. The Bertz CT molecular complexity index is 844. The number of methoxy groups -OCH3 is 1. The Hall–Kier alpha value is -2.79. The average Bonchev–Trinajstić information content (AvgIpc) is 2.95. The van der Waals surface area contributed by atoms with Crippen molar-refractivity contribution in [3.8, 4) is 22.8 Å². The summed E-state index contributed by atoms with van der Waals surface area (Å²) < 4.78 is 13.2. The zero-order valence-electron chi connectivity index (χ0n) is 15.5. The van der Waals surface area contributed by atoms with Crippen molar-refractivity contribution in [1.82, 2.24) is 15.1 Å².